The second kappa shape index (κ2) is 10.4. The summed E-state index contributed by atoms with van der Waals surface area (Å²) >= 11 is 0. The zero-order valence-electron chi connectivity index (χ0n) is 19.2. The van der Waals surface area contributed by atoms with E-state index in [4.69, 9.17) is 14.2 Å². The van der Waals surface area contributed by atoms with Crippen LogP contribution >= 0.6 is 0 Å². The third kappa shape index (κ3) is 5.12. The van der Waals surface area contributed by atoms with Gasteiger partial charge in [0, 0.05) is 19.2 Å². The maximum Gasteiger partial charge on any atom is 0.295 e. The first-order chi connectivity index (χ1) is 15.8. The zero-order valence-corrected chi connectivity index (χ0v) is 19.2. The summed E-state index contributed by atoms with van der Waals surface area (Å²) < 4.78 is 16.2. The molecule has 1 saturated heterocycles. The largest absolute Gasteiger partial charge is 0.507 e. The second-order valence-electron chi connectivity index (χ2n) is 7.84. The quantitative estimate of drug-likeness (QED) is 0.338. The minimum absolute atomic E-state index is 0.00964. The minimum Gasteiger partial charge on any atom is -0.507 e. The Hall–Kier alpha value is -3.52. The number of phenolic OH excluding ortho intramolecular Hbond substituents is 1. The monoisotopic (exact) mass is 455 g/mol. The van der Waals surface area contributed by atoms with Crippen LogP contribution in [0.5, 0.6) is 17.2 Å². The number of phenols is 1. The molecular weight excluding hydrogens is 426 g/mol. The molecule has 1 amide bonds. The summed E-state index contributed by atoms with van der Waals surface area (Å²) in [4.78, 5) is 27.2. The smallest absolute Gasteiger partial charge is 0.295 e. The van der Waals surface area contributed by atoms with Crippen LogP contribution in [0.25, 0.3) is 5.76 Å². The fourth-order valence-electron chi connectivity index (χ4n) is 3.74. The van der Waals surface area contributed by atoms with E-state index in [-0.39, 0.29) is 42.1 Å². The lowest BCUT2D eigenvalue weighted by Gasteiger charge is -2.25. The van der Waals surface area contributed by atoms with Gasteiger partial charge in [-0.1, -0.05) is 6.07 Å². The number of Topliss-reactive ketones (excluding diaryl/α,β-unsaturated/α-hetero) is 1. The molecule has 0 bridgehead atoms. The summed E-state index contributed by atoms with van der Waals surface area (Å²) in [5, 5.41) is 21.2. The third-order valence-electron chi connectivity index (χ3n) is 5.18. The predicted octanol–water partition coefficient (Wildman–Crippen LogP) is 3.65. The maximum atomic E-state index is 13.0. The summed E-state index contributed by atoms with van der Waals surface area (Å²) in [7, 11) is 1.50. The Balaban J connectivity index is 2.11. The molecule has 33 heavy (non-hydrogen) atoms. The van der Waals surface area contributed by atoms with Crippen molar-refractivity contribution in [2.75, 3.05) is 26.9 Å². The number of hydrogen-bond donors (Lipinski definition) is 2. The van der Waals surface area contributed by atoms with E-state index in [2.05, 4.69) is 0 Å². The van der Waals surface area contributed by atoms with Gasteiger partial charge in [-0.15, -0.1) is 0 Å². The lowest BCUT2D eigenvalue weighted by atomic mass is 9.95. The Kier molecular flexibility index (Phi) is 7.60. The number of hydrogen-bond acceptors (Lipinski definition) is 7. The van der Waals surface area contributed by atoms with Crippen LogP contribution in [-0.4, -0.2) is 59.8 Å². The fraction of sp³-hybridized carbons (Fsp3) is 0.360. The number of likely N-dealkylation sites (tertiary alicyclic amines) is 1. The highest BCUT2D eigenvalue weighted by Gasteiger charge is 2.46. The van der Waals surface area contributed by atoms with Crippen molar-refractivity contribution in [2.45, 2.75) is 32.9 Å². The number of ketones is 1. The molecular formula is C25H29NO7. The van der Waals surface area contributed by atoms with Crippen molar-refractivity contribution < 1.29 is 34.0 Å². The number of carbonyl (C=O) groups is 2. The first-order valence-corrected chi connectivity index (χ1v) is 10.8. The first kappa shape index (κ1) is 24.1. The van der Waals surface area contributed by atoms with Crippen LogP contribution in [0.2, 0.25) is 0 Å². The molecule has 0 saturated carbocycles. The molecule has 2 N–H and O–H groups in total. The molecule has 1 heterocycles. The number of ether oxygens (including phenoxy) is 3. The Morgan fingerprint density at radius 2 is 1.82 bits per heavy atom. The van der Waals surface area contributed by atoms with E-state index in [1.165, 1.54) is 18.1 Å². The van der Waals surface area contributed by atoms with Crippen LogP contribution < -0.4 is 9.47 Å². The van der Waals surface area contributed by atoms with Crippen LogP contribution in [0.3, 0.4) is 0 Å². The molecule has 2 aromatic carbocycles. The van der Waals surface area contributed by atoms with Gasteiger partial charge in [0.1, 0.15) is 11.5 Å². The summed E-state index contributed by atoms with van der Waals surface area (Å²) in [5.74, 6) is -1.02. The zero-order chi connectivity index (χ0) is 24.1. The van der Waals surface area contributed by atoms with E-state index in [1.807, 2.05) is 13.8 Å². The van der Waals surface area contributed by atoms with Crippen LogP contribution in [0, 0.1) is 0 Å². The summed E-state index contributed by atoms with van der Waals surface area (Å²) in [6, 6.07) is 10.4. The fourth-order valence-corrected chi connectivity index (χ4v) is 3.74. The number of amides is 1. The molecule has 0 spiro atoms. The standard InChI is InChI=1S/C25H29NO7/c1-5-32-20-14-17(8-11-19(20)27)22-21(24(29)25(30)26(22)12-13-31-4)23(28)16-6-9-18(10-7-16)33-15(2)3/h6-11,14-15,22,27-28H,5,12-13H2,1-4H3/b23-21+/t22-/m1/s1. The van der Waals surface area contributed by atoms with Crippen LogP contribution in [0.15, 0.2) is 48.0 Å². The van der Waals surface area contributed by atoms with E-state index in [9.17, 15) is 19.8 Å². The van der Waals surface area contributed by atoms with Gasteiger partial charge in [0.05, 0.1) is 30.9 Å². The van der Waals surface area contributed by atoms with Crippen LogP contribution in [0.4, 0.5) is 0 Å². The van der Waals surface area contributed by atoms with Crippen molar-refractivity contribution in [1.82, 2.24) is 4.90 Å². The highest BCUT2D eigenvalue weighted by atomic mass is 16.5. The van der Waals surface area contributed by atoms with Crippen molar-refractivity contribution >= 4 is 17.4 Å². The van der Waals surface area contributed by atoms with Gasteiger partial charge in [0.25, 0.3) is 11.7 Å². The van der Waals surface area contributed by atoms with E-state index < -0.39 is 17.7 Å². The first-order valence-electron chi connectivity index (χ1n) is 10.8. The molecule has 1 atom stereocenters. The van der Waals surface area contributed by atoms with E-state index in [1.54, 1.807) is 43.3 Å². The number of carbonyl (C=O) groups excluding carboxylic acids is 2. The average Bonchev–Trinajstić information content (AvgIpc) is 3.03. The van der Waals surface area contributed by atoms with Crippen molar-refractivity contribution in [3.63, 3.8) is 0 Å². The van der Waals surface area contributed by atoms with Crippen molar-refractivity contribution in [3.05, 3.63) is 59.2 Å². The molecule has 3 rings (SSSR count). The number of aliphatic hydroxyl groups excluding tert-OH is 1. The highest BCUT2D eigenvalue weighted by molar-refractivity contribution is 6.46. The third-order valence-corrected chi connectivity index (χ3v) is 5.18. The van der Waals surface area contributed by atoms with Crippen LogP contribution in [0.1, 0.15) is 37.9 Å². The number of nitrogens with zero attached hydrogens (tertiary/aromatic N) is 1. The lowest BCUT2D eigenvalue weighted by Crippen LogP contribution is -2.32. The predicted molar refractivity (Wildman–Crippen MR) is 122 cm³/mol. The minimum atomic E-state index is -0.869. The normalized spacial score (nSPS) is 17.6. The summed E-state index contributed by atoms with van der Waals surface area (Å²) in [6.07, 6.45) is -0.00964. The highest BCUT2D eigenvalue weighted by Crippen LogP contribution is 2.41. The number of methoxy groups -OCH3 is 1. The van der Waals surface area contributed by atoms with E-state index in [0.717, 1.165) is 0 Å². The second-order valence-corrected chi connectivity index (χ2v) is 7.84. The van der Waals surface area contributed by atoms with Gasteiger partial charge in [-0.3, -0.25) is 9.59 Å². The average molecular weight is 456 g/mol. The van der Waals surface area contributed by atoms with Gasteiger partial charge < -0.3 is 29.3 Å². The van der Waals surface area contributed by atoms with Crippen molar-refractivity contribution in [1.29, 1.82) is 0 Å². The van der Waals surface area contributed by atoms with E-state index >= 15 is 0 Å². The Labute approximate surface area is 193 Å². The molecule has 2 aromatic rings. The molecule has 8 heteroatoms. The van der Waals surface area contributed by atoms with Crippen molar-refractivity contribution in [2.24, 2.45) is 0 Å². The van der Waals surface area contributed by atoms with Gasteiger partial charge in [0.2, 0.25) is 0 Å². The molecule has 0 aromatic heterocycles. The molecule has 1 aliphatic rings. The van der Waals surface area contributed by atoms with E-state index in [0.29, 0.717) is 23.5 Å². The number of aromatic hydroxyl groups is 1. The van der Waals surface area contributed by atoms with Gasteiger partial charge in [-0.25, -0.2) is 0 Å². The lowest BCUT2D eigenvalue weighted by molar-refractivity contribution is -0.140. The summed E-state index contributed by atoms with van der Waals surface area (Å²) in [5.41, 5.74) is 0.860. The maximum absolute atomic E-state index is 13.0. The number of benzene rings is 2. The number of rotatable bonds is 9. The van der Waals surface area contributed by atoms with Gasteiger partial charge in [-0.2, -0.15) is 0 Å². The van der Waals surface area contributed by atoms with Gasteiger partial charge in [-0.05, 0) is 62.7 Å². The Morgan fingerprint density at radius 3 is 2.42 bits per heavy atom. The SMILES string of the molecule is CCOc1cc([C@@H]2/C(=C(\O)c3ccc(OC(C)C)cc3)C(=O)C(=O)N2CCOC)ccc1O. The Bertz CT molecular complexity index is 1040. The number of aliphatic hydroxyl groups is 1. The molecule has 1 aliphatic heterocycles. The molecule has 0 unspecified atom stereocenters. The van der Waals surface area contributed by atoms with Crippen molar-refractivity contribution in [3.8, 4) is 17.2 Å². The summed E-state index contributed by atoms with van der Waals surface area (Å²) in [6.45, 7) is 6.28. The van der Waals surface area contributed by atoms with Gasteiger partial charge in [0.15, 0.2) is 11.5 Å². The molecule has 176 valence electrons. The molecule has 8 nitrogen and oxygen atoms in total. The Morgan fingerprint density at radius 1 is 1.12 bits per heavy atom. The topological polar surface area (TPSA) is 106 Å². The molecule has 1 fully saturated rings. The van der Waals surface area contributed by atoms with Crippen LogP contribution in [-0.2, 0) is 14.3 Å². The molecule has 0 radical (unpaired) electrons. The van der Waals surface area contributed by atoms with Gasteiger partial charge >= 0.3 is 0 Å². The molecule has 0 aliphatic carbocycles.